The molecule has 0 aliphatic heterocycles. The smallest absolute Gasteiger partial charge is 0.194 e. The van der Waals surface area contributed by atoms with Gasteiger partial charge in [0.05, 0.1) is 0 Å². The number of allylic oxidation sites excluding steroid dienone is 2. The third kappa shape index (κ3) is 3.87. The molecule has 132 valence electrons. The Balaban J connectivity index is 1.60. The van der Waals surface area contributed by atoms with E-state index in [0.717, 1.165) is 31.1 Å². The molecule has 0 amide bonds. The van der Waals surface area contributed by atoms with Crippen LogP contribution in [0, 0.1) is 35.2 Å². The number of hydrogen-bond acceptors (Lipinski definition) is 0. The molecule has 0 bridgehead atoms. The summed E-state index contributed by atoms with van der Waals surface area (Å²) in [6.45, 7) is 2.07. The van der Waals surface area contributed by atoms with Gasteiger partial charge >= 0.3 is 0 Å². The lowest BCUT2D eigenvalue weighted by Gasteiger charge is -2.42. The van der Waals surface area contributed by atoms with Gasteiger partial charge in [-0.3, -0.25) is 0 Å². The zero-order chi connectivity index (χ0) is 17.1. The Morgan fingerprint density at radius 3 is 2.33 bits per heavy atom. The highest BCUT2D eigenvalue weighted by Gasteiger charge is 2.36. The second-order valence-electron chi connectivity index (χ2n) is 7.65. The lowest BCUT2D eigenvalue weighted by molar-refractivity contribution is 0.114. The first kappa shape index (κ1) is 17.6. The fourth-order valence-electron chi connectivity index (χ4n) is 4.86. The van der Waals surface area contributed by atoms with Crippen molar-refractivity contribution in [3.63, 3.8) is 0 Å². The Labute approximate surface area is 143 Å². The van der Waals surface area contributed by atoms with Gasteiger partial charge in [-0.15, -0.1) is 0 Å². The minimum Gasteiger partial charge on any atom is -0.204 e. The summed E-state index contributed by atoms with van der Waals surface area (Å²) in [5.41, 5.74) is 0.639. The van der Waals surface area contributed by atoms with Gasteiger partial charge in [-0.05, 0) is 93.2 Å². The van der Waals surface area contributed by atoms with E-state index >= 15 is 0 Å². The zero-order valence-electron chi connectivity index (χ0n) is 14.4. The van der Waals surface area contributed by atoms with Crippen molar-refractivity contribution < 1.29 is 13.2 Å². The summed E-state index contributed by atoms with van der Waals surface area (Å²) in [5, 5.41) is 0. The first-order chi connectivity index (χ1) is 11.6. The summed E-state index contributed by atoms with van der Waals surface area (Å²) >= 11 is 0. The van der Waals surface area contributed by atoms with Crippen LogP contribution in [0.15, 0.2) is 24.3 Å². The van der Waals surface area contributed by atoms with Crippen LogP contribution in [-0.4, -0.2) is 0 Å². The van der Waals surface area contributed by atoms with Crippen molar-refractivity contribution in [3.05, 3.63) is 47.3 Å². The first-order valence-corrected chi connectivity index (χ1v) is 9.34. The van der Waals surface area contributed by atoms with Crippen molar-refractivity contribution >= 4 is 0 Å². The zero-order valence-corrected chi connectivity index (χ0v) is 14.4. The molecule has 4 atom stereocenters. The molecule has 2 aliphatic carbocycles. The molecule has 1 aromatic carbocycles. The van der Waals surface area contributed by atoms with E-state index in [0.29, 0.717) is 11.5 Å². The summed E-state index contributed by atoms with van der Waals surface area (Å²) in [4.78, 5) is 0. The number of halogens is 3. The lowest BCUT2D eigenvalue weighted by atomic mass is 9.63. The number of hydrogen-bond donors (Lipinski definition) is 0. The normalized spacial score (nSPS) is 30.5. The highest BCUT2D eigenvalue weighted by molar-refractivity contribution is 5.24. The third-order valence-corrected chi connectivity index (χ3v) is 6.18. The van der Waals surface area contributed by atoms with Crippen molar-refractivity contribution in [1.29, 1.82) is 0 Å². The molecule has 2 saturated carbocycles. The Bertz CT molecular complexity index is 570. The van der Waals surface area contributed by atoms with Gasteiger partial charge < -0.3 is 0 Å². The molecule has 0 nitrogen and oxygen atoms in total. The molecule has 3 heteroatoms. The second-order valence-corrected chi connectivity index (χ2v) is 7.65. The summed E-state index contributed by atoms with van der Waals surface area (Å²) in [7, 11) is 0. The van der Waals surface area contributed by atoms with Gasteiger partial charge in [-0.2, -0.15) is 0 Å². The summed E-state index contributed by atoms with van der Waals surface area (Å²) < 4.78 is 40.2. The minimum absolute atomic E-state index is 0.176. The van der Waals surface area contributed by atoms with Crippen LogP contribution in [0.3, 0.4) is 0 Å². The monoisotopic (exact) mass is 336 g/mol. The van der Waals surface area contributed by atoms with Gasteiger partial charge in [0.2, 0.25) is 0 Å². The lowest BCUT2D eigenvalue weighted by Crippen LogP contribution is -2.30. The Kier molecular flexibility index (Phi) is 5.68. The van der Waals surface area contributed by atoms with E-state index in [1.54, 1.807) is 0 Å². The first-order valence-electron chi connectivity index (χ1n) is 9.34. The highest BCUT2D eigenvalue weighted by Crippen LogP contribution is 2.48. The number of rotatable bonds is 4. The van der Waals surface area contributed by atoms with Crippen LogP contribution in [0.2, 0.25) is 0 Å². The van der Waals surface area contributed by atoms with E-state index in [1.807, 2.05) is 0 Å². The van der Waals surface area contributed by atoms with Gasteiger partial charge in [0.25, 0.3) is 0 Å². The molecule has 4 unspecified atom stereocenters. The van der Waals surface area contributed by atoms with E-state index < -0.39 is 17.5 Å². The highest BCUT2D eigenvalue weighted by atomic mass is 19.2. The fourth-order valence-corrected chi connectivity index (χ4v) is 4.86. The molecule has 3 rings (SSSR count). The van der Waals surface area contributed by atoms with Crippen molar-refractivity contribution in [2.45, 2.75) is 64.2 Å². The maximum atomic E-state index is 13.5. The van der Waals surface area contributed by atoms with Crippen LogP contribution in [-0.2, 0) is 0 Å². The Morgan fingerprint density at radius 2 is 1.62 bits per heavy atom. The average molecular weight is 336 g/mol. The van der Waals surface area contributed by atoms with Crippen molar-refractivity contribution in [2.24, 2.45) is 17.8 Å². The molecule has 0 heterocycles. The predicted octanol–water partition coefficient (Wildman–Crippen LogP) is 6.76. The van der Waals surface area contributed by atoms with E-state index in [2.05, 4.69) is 19.1 Å². The largest absolute Gasteiger partial charge is 0.204 e. The molecule has 0 aromatic heterocycles. The van der Waals surface area contributed by atoms with Crippen LogP contribution >= 0.6 is 0 Å². The van der Waals surface area contributed by atoms with Gasteiger partial charge in [-0.1, -0.05) is 18.6 Å². The van der Waals surface area contributed by atoms with Crippen LogP contribution in [0.25, 0.3) is 0 Å². The van der Waals surface area contributed by atoms with E-state index in [4.69, 9.17) is 0 Å². The predicted molar refractivity (Wildman–Crippen MR) is 91.3 cm³/mol. The van der Waals surface area contributed by atoms with Crippen molar-refractivity contribution in [3.8, 4) is 0 Å². The molecule has 2 aliphatic rings. The van der Waals surface area contributed by atoms with Crippen molar-refractivity contribution in [1.82, 2.24) is 0 Å². The minimum atomic E-state index is -1.35. The SMILES string of the molecule is C/C=C/CCC1CCC2CC(c3cc(F)c(F)c(F)c3)CCC2C1. The molecule has 0 N–H and O–H groups in total. The molecular formula is C21H27F3. The summed E-state index contributed by atoms with van der Waals surface area (Å²) in [6, 6.07) is 2.40. The van der Waals surface area contributed by atoms with Gasteiger partial charge in [-0.25, -0.2) is 13.2 Å². The Morgan fingerprint density at radius 1 is 0.958 bits per heavy atom. The fraction of sp³-hybridized carbons (Fsp3) is 0.619. The standard InChI is InChI=1S/C21H27F3/c1-2-3-4-5-14-6-7-16-11-17(9-8-15(16)10-14)18-12-19(22)21(24)20(23)13-18/h2-3,12-17H,4-11H2,1H3/b3-2+. The summed E-state index contributed by atoms with van der Waals surface area (Å²) in [6.07, 6.45) is 13.7. The third-order valence-electron chi connectivity index (χ3n) is 6.18. The van der Waals surface area contributed by atoms with E-state index in [-0.39, 0.29) is 5.92 Å². The molecule has 1 aromatic rings. The molecule has 0 spiro atoms. The van der Waals surface area contributed by atoms with Crippen LogP contribution in [0.1, 0.15) is 69.8 Å². The number of fused-ring (bicyclic) bond motifs is 1. The van der Waals surface area contributed by atoms with E-state index in [1.165, 1.54) is 44.2 Å². The topological polar surface area (TPSA) is 0 Å². The average Bonchev–Trinajstić information content (AvgIpc) is 2.59. The molecule has 0 radical (unpaired) electrons. The van der Waals surface area contributed by atoms with Gasteiger partial charge in [0.1, 0.15) is 0 Å². The quantitative estimate of drug-likeness (QED) is 0.421. The molecule has 2 fully saturated rings. The van der Waals surface area contributed by atoms with Crippen LogP contribution in [0.4, 0.5) is 13.2 Å². The van der Waals surface area contributed by atoms with E-state index in [9.17, 15) is 13.2 Å². The second kappa shape index (κ2) is 7.76. The summed E-state index contributed by atoms with van der Waals surface area (Å²) in [5.74, 6) is -1.03. The van der Waals surface area contributed by atoms with Crippen molar-refractivity contribution in [2.75, 3.05) is 0 Å². The Hall–Kier alpha value is -1.25. The molecular weight excluding hydrogens is 309 g/mol. The maximum absolute atomic E-state index is 13.5. The molecule has 0 saturated heterocycles. The molecule has 24 heavy (non-hydrogen) atoms. The van der Waals surface area contributed by atoms with Gasteiger partial charge in [0, 0.05) is 0 Å². The number of benzene rings is 1. The van der Waals surface area contributed by atoms with Crippen LogP contribution in [0.5, 0.6) is 0 Å². The maximum Gasteiger partial charge on any atom is 0.194 e. The van der Waals surface area contributed by atoms with Crippen LogP contribution < -0.4 is 0 Å². The van der Waals surface area contributed by atoms with Gasteiger partial charge in [0.15, 0.2) is 17.5 Å².